The van der Waals surface area contributed by atoms with E-state index >= 15 is 0 Å². The number of anilines is 1. The van der Waals surface area contributed by atoms with Gasteiger partial charge in [-0.3, -0.25) is 4.90 Å². The van der Waals surface area contributed by atoms with Crippen molar-refractivity contribution in [2.75, 3.05) is 18.4 Å². The predicted octanol–water partition coefficient (Wildman–Crippen LogP) is 1.23. The summed E-state index contributed by atoms with van der Waals surface area (Å²) in [5.41, 5.74) is 5.99. The minimum atomic E-state index is 0.397. The molecule has 1 atom stereocenters. The molecule has 0 unspecified atom stereocenters. The lowest BCUT2D eigenvalue weighted by molar-refractivity contribution is 0.184. The molecule has 1 saturated carbocycles. The van der Waals surface area contributed by atoms with Crippen molar-refractivity contribution in [2.24, 2.45) is 5.73 Å². The number of aromatic nitrogens is 2. The van der Waals surface area contributed by atoms with Crippen LogP contribution in [0.25, 0.3) is 0 Å². The van der Waals surface area contributed by atoms with Gasteiger partial charge in [-0.05, 0) is 38.2 Å². The maximum atomic E-state index is 5.99. The Balaban J connectivity index is 1.47. The van der Waals surface area contributed by atoms with E-state index in [-0.39, 0.29) is 0 Å². The van der Waals surface area contributed by atoms with Crippen molar-refractivity contribution in [3.05, 3.63) is 18.5 Å². The van der Waals surface area contributed by atoms with E-state index in [1.807, 2.05) is 6.07 Å². The number of nitrogens with zero attached hydrogens (tertiary/aromatic N) is 3. The molecule has 2 aliphatic rings. The van der Waals surface area contributed by atoms with E-state index in [0.29, 0.717) is 12.1 Å². The van der Waals surface area contributed by atoms with Crippen molar-refractivity contribution >= 4 is 5.95 Å². The van der Waals surface area contributed by atoms with Crippen LogP contribution in [0.4, 0.5) is 5.95 Å². The highest BCUT2D eigenvalue weighted by Gasteiger charge is 2.29. The van der Waals surface area contributed by atoms with Gasteiger partial charge in [-0.1, -0.05) is 0 Å². The molecule has 1 aromatic rings. The quantitative estimate of drug-likeness (QED) is 0.856. The Morgan fingerprint density at radius 3 is 2.47 bits per heavy atom. The van der Waals surface area contributed by atoms with Gasteiger partial charge in [-0.15, -0.1) is 0 Å². The summed E-state index contributed by atoms with van der Waals surface area (Å²) < 4.78 is 0. The summed E-state index contributed by atoms with van der Waals surface area (Å²) in [7, 11) is 0. The highest BCUT2D eigenvalue weighted by molar-refractivity contribution is 5.24. The average Bonchev–Trinajstić information content (AvgIpc) is 2.87. The van der Waals surface area contributed by atoms with Crippen molar-refractivity contribution in [1.82, 2.24) is 14.9 Å². The summed E-state index contributed by atoms with van der Waals surface area (Å²) in [6, 6.07) is 3.50. The van der Waals surface area contributed by atoms with E-state index in [0.717, 1.165) is 25.0 Å². The Morgan fingerprint density at radius 1 is 1.11 bits per heavy atom. The Morgan fingerprint density at radius 2 is 1.84 bits per heavy atom. The second-order valence-electron chi connectivity index (χ2n) is 5.77. The zero-order chi connectivity index (χ0) is 13.1. The molecule has 0 amide bonds. The van der Waals surface area contributed by atoms with Crippen LogP contribution in [0.1, 0.15) is 32.1 Å². The third-order valence-corrected chi connectivity index (χ3v) is 4.37. The largest absolute Gasteiger partial charge is 0.351 e. The van der Waals surface area contributed by atoms with Gasteiger partial charge in [-0.25, -0.2) is 9.97 Å². The third kappa shape index (κ3) is 3.22. The molecule has 0 aromatic carbocycles. The summed E-state index contributed by atoms with van der Waals surface area (Å²) in [6.45, 7) is 2.27. The average molecular weight is 261 g/mol. The number of nitrogens with two attached hydrogens (primary N) is 1. The van der Waals surface area contributed by atoms with Gasteiger partial charge in [0.05, 0.1) is 0 Å². The van der Waals surface area contributed by atoms with E-state index in [1.165, 1.54) is 32.2 Å². The summed E-state index contributed by atoms with van der Waals surface area (Å²) in [5, 5.41) is 3.44. The molecule has 3 rings (SSSR count). The fraction of sp³-hybridized carbons (Fsp3) is 0.714. The molecule has 5 nitrogen and oxygen atoms in total. The number of hydrogen-bond acceptors (Lipinski definition) is 5. The molecule has 104 valence electrons. The minimum Gasteiger partial charge on any atom is -0.351 e. The molecule has 3 N–H and O–H groups in total. The summed E-state index contributed by atoms with van der Waals surface area (Å²) in [6.07, 6.45) is 9.66. The Hall–Kier alpha value is -1.20. The van der Waals surface area contributed by atoms with Crippen LogP contribution in [0.2, 0.25) is 0 Å². The fourth-order valence-electron chi connectivity index (χ4n) is 3.29. The van der Waals surface area contributed by atoms with Crippen LogP contribution in [-0.2, 0) is 0 Å². The summed E-state index contributed by atoms with van der Waals surface area (Å²) in [4.78, 5) is 11.0. The SMILES string of the molecule is N[C@@H]1CCN(C2CCC(Nc3ncccn3)CC2)C1. The molecule has 1 aromatic heterocycles. The van der Waals surface area contributed by atoms with Crippen molar-refractivity contribution in [2.45, 2.75) is 50.2 Å². The van der Waals surface area contributed by atoms with Crippen molar-refractivity contribution in [3.63, 3.8) is 0 Å². The molecule has 1 saturated heterocycles. The molecule has 1 aliphatic heterocycles. The molecule has 2 fully saturated rings. The molecular formula is C14H23N5. The lowest BCUT2D eigenvalue weighted by atomic mass is 9.90. The lowest BCUT2D eigenvalue weighted by Gasteiger charge is -2.34. The van der Waals surface area contributed by atoms with Gasteiger partial charge in [0, 0.05) is 43.6 Å². The van der Waals surface area contributed by atoms with Crippen molar-refractivity contribution < 1.29 is 0 Å². The first kappa shape index (κ1) is 12.8. The van der Waals surface area contributed by atoms with Crippen molar-refractivity contribution in [1.29, 1.82) is 0 Å². The van der Waals surface area contributed by atoms with Crippen molar-refractivity contribution in [3.8, 4) is 0 Å². The number of likely N-dealkylation sites (tertiary alicyclic amines) is 1. The van der Waals surface area contributed by atoms with Crippen LogP contribution in [0.15, 0.2) is 18.5 Å². The maximum Gasteiger partial charge on any atom is 0.222 e. The second kappa shape index (κ2) is 5.84. The number of nitrogens with one attached hydrogen (secondary N) is 1. The molecule has 0 bridgehead atoms. The molecular weight excluding hydrogens is 238 g/mol. The highest BCUT2D eigenvalue weighted by atomic mass is 15.2. The van der Waals surface area contributed by atoms with E-state index < -0.39 is 0 Å². The van der Waals surface area contributed by atoms with E-state index in [9.17, 15) is 0 Å². The van der Waals surface area contributed by atoms with Gasteiger partial charge in [-0.2, -0.15) is 0 Å². The first-order chi connectivity index (χ1) is 9.31. The van der Waals surface area contributed by atoms with Gasteiger partial charge in [0.2, 0.25) is 5.95 Å². The number of rotatable bonds is 3. The van der Waals surface area contributed by atoms with Crippen LogP contribution in [0.5, 0.6) is 0 Å². The molecule has 0 spiro atoms. The van der Waals surface area contributed by atoms with Gasteiger partial charge in [0.15, 0.2) is 0 Å². The standard InChI is InChI=1S/C14H23N5/c15-11-6-9-19(10-11)13-4-2-12(3-5-13)18-14-16-7-1-8-17-14/h1,7-8,11-13H,2-6,9-10,15H2,(H,16,17,18)/t11-,12?,13?/m1/s1. The zero-order valence-corrected chi connectivity index (χ0v) is 11.3. The van der Waals surface area contributed by atoms with Crippen LogP contribution < -0.4 is 11.1 Å². The topological polar surface area (TPSA) is 67.1 Å². The van der Waals surface area contributed by atoms with Gasteiger partial charge >= 0.3 is 0 Å². The minimum absolute atomic E-state index is 0.397. The van der Waals surface area contributed by atoms with E-state index in [1.54, 1.807) is 12.4 Å². The van der Waals surface area contributed by atoms with E-state index in [2.05, 4.69) is 20.2 Å². The van der Waals surface area contributed by atoms with Crippen LogP contribution in [-0.4, -0.2) is 46.1 Å². The second-order valence-corrected chi connectivity index (χ2v) is 5.77. The summed E-state index contributed by atoms with van der Waals surface area (Å²) in [5.74, 6) is 0.758. The van der Waals surface area contributed by atoms with Crippen LogP contribution in [0, 0.1) is 0 Å². The molecule has 0 radical (unpaired) electrons. The smallest absolute Gasteiger partial charge is 0.222 e. The Bertz CT molecular complexity index is 388. The van der Waals surface area contributed by atoms with Gasteiger partial charge in [0.25, 0.3) is 0 Å². The third-order valence-electron chi connectivity index (χ3n) is 4.37. The molecule has 5 heteroatoms. The monoisotopic (exact) mass is 261 g/mol. The Kier molecular flexibility index (Phi) is 3.94. The maximum absolute atomic E-state index is 5.99. The lowest BCUT2D eigenvalue weighted by Crippen LogP contribution is -2.40. The zero-order valence-electron chi connectivity index (χ0n) is 11.3. The molecule has 19 heavy (non-hydrogen) atoms. The molecule has 1 aliphatic carbocycles. The fourth-order valence-corrected chi connectivity index (χ4v) is 3.29. The number of hydrogen-bond donors (Lipinski definition) is 2. The van der Waals surface area contributed by atoms with Gasteiger partial charge < -0.3 is 11.1 Å². The Labute approximate surface area is 114 Å². The first-order valence-electron chi connectivity index (χ1n) is 7.34. The van der Waals surface area contributed by atoms with Crippen LogP contribution >= 0.6 is 0 Å². The normalized spacial score (nSPS) is 32.4. The van der Waals surface area contributed by atoms with E-state index in [4.69, 9.17) is 5.73 Å². The first-order valence-corrected chi connectivity index (χ1v) is 7.34. The highest BCUT2D eigenvalue weighted by Crippen LogP contribution is 2.26. The molecule has 2 heterocycles. The predicted molar refractivity (Wildman–Crippen MR) is 75.9 cm³/mol. The van der Waals surface area contributed by atoms with Gasteiger partial charge in [0.1, 0.15) is 0 Å². The van der Waals surface area contributed by atoms with Crippen LogP contribution in [0.3, 0.4) is 0 Å². The summed E-state index contributed by atoms with van der Waals surface area (Å²) >= 11 is 0.